The zero-order valence-corrected chi connectivity index (χ0v) is 9.38. The molecule has 66 valence electrons. The van der Waals surface area contributed by atoms with Crippen molar-refractivity contribution in [3.05, 3.63) is 20.3 Å². The Morgan fingerprint density at radius 3 is 2.83 bits per heavy atom. The largest absolute Gasteiger partial charge is 0.313 e. The van der Waals surface area contributed by atoms with Crippen LogP contribution in [0.1, 0.15) is 14.5 Å². The normalized spacial score (nSPS) is 10.2. The number of carbonyl (C=O) groups excluding carboxylic acids is 1. The van der Waals surface area contributed by atoms with Gasteiger partial charge in [0.1, 0.15) is 0 Å². The summed E-state index contributed by atoms with van der Waals surface area (Å²) in [6, 6.07) is 1.87. The van der Waals surface area contributed by atoms with Crippen molar-refractivity contribution in [2.75, 3.05) is 13.6 Å². The molecule has 0 spiro atoms. The van der Waals surface area contributed by atoms with Crippen molar-refractivity contribution in [1.29, 1.82) is 0 Å². The molecule has 0 saturated heterocycles. The van der Waals surface area contributed by atoms with E-state index in [1.807, 2.05) is 13.0 Å². The number of hydrogen-bond acceptors (Lipinski definition) is 3. The third-order valence-corrected chi connectivity index (χ3v) is 3.65. The van der Waals surface area contributed by atoms with Crippen LogP contribution in [0.5, 0.6) is 0 Å². The second-order valence-corrected chi connectivity index (χ2v) is 4.58. The number of aryl methyl sites for hydroxylation is 1. The SMILES string of the molecule is CNCC(=O)c1cc(Br)c(C)s1. The number of thiophene rings is 1. The molecule has 0 saturated carbocycles. The monoisotopic (exact) mass is 247 g/mol. The minimum atomic E-state index is 0.149. The molecule has 0 radical (unpaired) electrons. The molecule has 1 aromatic heterocycles. The molecule has 0 aliphatic rings. The molecule has 0 atom stereocenters. The molecular formula is C8H10BrNOS. The predicted molar refractivity (Wildman–Crippen MR) is 55.0 cm³/mol. The van der Waals surface area contributed by atoms with Crippen molar-refractivity contribution in [3.63, 3.8) is 0 Å². The fourth-order valence-electron chi connectivity index (χ4n) is 0.845. The van der Waals surface area contributed by atoms with Gasteiger partial charge in [0, 0.05) is 9.35 Å². The Bertz CT molecular complexity index is 276. The van der Waals surface area contributed by atoms with Gasteiger partial charge in [0.05, 0.1) is 11.4 Å². The average Bonchev–Trinajstić information content (AvgIpc) is 2.33. The Kier molecular flexibility index (Phi) is 3.43. The smallest absolute Gasteiger partial charge is 0.186 e. The van der Waals surface area contributed by atoms with E-state index in [1.54, 1.807) is 7.05 Å². The van der Waals surface area contributed by atoms with E-state index >= 15 is 0 Å². The standard InChI is InChI=1S/C8H10BrNOS/c1-5-6(9)3-8(12-5)7(11)4-10-2/h3,10H,4H2,1-2H3. The maximum absolute atomic E-state index is 11.3. The zero-order valence-electron chi connectivity index (χ0n) is 6.98. The van der Waals surface area contributed by atoms with Crippen molar-refractivity contribution in [2.24, 2.45) is 0 Å². The fourth-order valence-corrected chi connectivity index (χ4v) is 2.32. The Morgan fingerprint density at radius 2 is 2.42 bits per heavy atom. The second-order valence-electron chi connectivity index (χ2n) is 2.47. The minimum absolute atomic E-state index is 0.149. The van der Waals surface area contributed by atoms with Crippen LogP contribution in [-0.2, 0) is 0 Å². The summed E-state index contributed by atoms with van der Waals surface area (Å²) in [7, 11) is 1.77. The number of carbonyl (C=O) groups is 1. The summed E-state index contributed by atoms with van der Waals surface area (Å²) < 4.78 is 1.02. The Morgan fingerprint density at radius 1 is 1.75 bits per heavy atom. The first-order chi connectivity index (χ1) is 5.65. The summed E-state index contributed by atoms with van der Waals surface area (Å²) in [5, 5.41) is 2.84. The molecule has 1 aromatic rings. The highest BCUT2D eigenvalue weighted by Gasteiger charge is 2.09. The molecule has 0 aromatic carbocycles. The number of hydrogen-bond donors (Lipinski definition) is 1. The molecule has 1 N–H and O–H groups in total. The highest BCUT2D eigenvalue weighted by molar-refractivity contribution is 9.10. The van der Waals surface area contributed by atoms with E-state index in [-0.39, 0.29) is 5.78 Å². The lowest BCUT2D eigenvalue weighted by atomic mass is 10.3. The number of Topliss-reactive ketones (excluding diaryl/α,β-unsaturated/α-hetero) is 1. The maximum atomic E-state index is 11.3. The van der Waals surface area contributed by atoms with Crippen LogP contribution in [0.15, 0.2) is 10.5 Å². The quantitative estimate of drug-likeness (QED) is 0.831. The van der Waals surface area contributed by atoms with E-state index in [2.05, 4.69) is 21.2 Å². The molecule has 1 rings (SSSR count). The third-order valence-electron chi connectivity index (χ3n) is 1.47. The lowest BCUT2D eigenvalue weighted by Crippen LogP contribution is -2.17. The maximum Gasteiger partial charge on any atom is 0.186 e. The van der Waals surface area contributed by atoms with Gasteiger partial charge in [-0.2, -0.15) is 0 Å². The van der Waals surface area contributed by atoms with Gasteiger partial charge in [0.2, 0.25) is 0 Å². The van der Waals surface area contributed by atoms with Crippen LogP contribution in [0.2, 0.25) is 0 Å². The first-order valence-corrected chi connectivity index (χ1v) is 5.20. The van der Waals surface area contributed by atoms with Crippen molar-refractivity contribution in [3.8, 4) is 0 Å². The van der Waals surface area contributed by atoms with E-state index in [1.165, 1.54) is 11.3 Å². The van der Waals surface area contributed by atoms with Crippen LogP contribution in [0.4, 0.5) is 0 Å². The van der Waals surface area contributed by atoms with Crippen LogP contribution in [0, 0.1) is 6.92 Å². The molecule has 0 bridgehead atoms. The Balaban J connectivity index is 2.82. The van der Waals surface area contributed by atoms with Crippen molar-refractivity contribution in [1.82, 2.24) is 5.32 Å². The van der Waals surface area contributed by atoms with Gasteiger partial charge >= 0.3 is 0 Å². The average molecular weight is 248 g/mol. The number of halogens is 1. The van der Waals surface area contributed by atoms with Crippen molar-refractivity contribution >= 4 is 33.0 Å². The highest BCUT2D eigenvalue weighted by atomic mass is 79.9. The molecule has 0 unspecified atom stereocenters. The summed E-state index contributed by atoms with van der Waals surface area (Å²) in [6.45, 7) is 2.40. The van der Waals surface area contributed by atoms with Crippen molar-refractivity contribution in [2.45, 2.75) is 6.92 Å². The van der Waals surface area contributed by atoms with E-state index < -0.39 is 0 Å². The fraction of sp³-hybridized carbons (Fsp3) is 0.375. The molecule has 0 fully saturated rings. The molecule has 0 aliphatic carbocycles. The number of ketones is 1. The van der Waals surface area contributed by atoms with Crippen LogP contribution < -0.4 is 5.32 Å². The number of rotatable bonds is 3. The lowest BCUT2D eigenvalue weighted by molar-refractivity contribution is 0.0997. The molecule has 4 heteroatoms. The molecule has 0 amide bonds. The van der Waals surface area contributed by atoms with E-state index in [4.69, 9.17) is 0 Å². The Hall–Kier alpha value is -0.190. The summed E-state index contributed by atoms with van der Waals surface area (Å²) in [6.07, 6.45) is 0. The van der Waals surface area contributed by atoms with Crippen LogP contribution in [0.3, 0.4) is 0 Å². The molecule has 2 nitrogen and oxygen atoms in total. The van der Waals surface area contributed by atoms with Gasteiger partial charge in [-0.3, -0.25) is 4.79 Å². The summed E-state index contributed by atoms with van der Waals surface area (Å²) in [4.78, 5) is 13.3. The highest BCUT2D eigenvalue weighted by Crippen LogP contribution is 2.26. The summed E-state index contributed by atoms with van der Waals surface area (Å²) in [5.74, 6) is 0.149. The molecular weight excluding hydrogens is 238 g/mol. The van der Waals surface area contributed by atoms with Gasteiger partial charge in [-0.15, -0.1) is 11.3 Å². The molecule has 1 heterocycles. The van der Waals surface area contributed by atoms with Gasteiger partial charge in [0.15, 0.2) is 5.78 Å². The van der Waals surface area contributed by atoms with Crippen LogP contribution >= 0.6 is 27.3 Å². The summed E-state index contributed by atoms with van der Waals surface area (Å²) in [5.41, 5.74) is 0. The van der Waals surface area contributed by atoms with Gasteiger partial charge < -0.3 is 5.32 Å². The lowest BCUT2D eigenvalue weighted by Gasteiger charge is -1.93. The van der Waals surface area contributed by atoms with Crippen LogP contribution in [-0.4, -0.2) is 19.4 Å². The van der Waals surface area contributed by atoms with E-state index in [9.17, 15) is 4.79 Å². The summed E-state index contributed by atoms with van der Waals surface area (Å²) >= 11 is 4.90. The van der Waals surface area contributed by atoms with E-state index in [0.717, 1.165) is 14.2 Å². The Labute approximate surface area is 84.1 Å². The van der Waals surface area contributed by atoms with Gasteiger partial charge in [-0.1, -0.05) is 0 Å². The minimum Gasteiger partial charge on any atom is -0.313 e. The predicted octanol–water partition coefficient (Wildman–Crippen LogP) is 2.22. The van der Waals surface area contributed by atoms with Crippen LogP contribution in [0.25, 0.3) is 0 Å². The number of likely N-dealkylation sites (N-methyl/N-ethyl adjacent to an activating group) is 1. The van der Waals surface area contributed by atoms with Gasteiger partial charge in [-0.25, -0.2) is 0 Å². The zero-order chi connectivity index (χ0) is 9.14. The second kappa shape index (κ2) is 4.16. The van der Waals surface area contributed by atoms with Gasteiger partial charge in [0.25, 0.3) is 0 Å². The molecule has 12 heavy (non-hydrogen) atoms. The van der Waals surface area contributed by atoms with E-state index in [0.29, 0.717) is 6.54 Å². The third kappa shape index (κ3) is 2.15. The topological polar surface area (TPSA) is 29.1 Å². The number of nitrogens with one attached hydrogen (secondary N) is 1. The molecule has 0 aliphatic heterocycles. The van der Waals surface area contributed by atoms with Crippen molar-refractivity contribution < 1.29 is 4.79 Å². The first-order valence-electron chi connectivity index (χ1n) is 3.59. The van der Waals surface area contributed by atoms with Gasteiger partial charge in [-0.05, 0) is 36.0 Å². The first kappa shape index (κ1) is 9.89.